The first kappa shape index (κ1) is 18.0. The van der Waals surface area contributed by atoms with Crippen LogP contribution in [0.2, 0.25) is 0 Å². The minimum atomic E-state index is -0.120. The molecule has 6 heteroatoms. The molecule has 0 unspecified atom stereocenters. The van der Waals surface area contributed by atoms with Gasteiger partial charge in [-0.15, -0.1) is 0 Å². The van der Waals surface area contributed by atoms with Crippen molar-refractivity contribution in [2.24, 2.45) is 5.92 Å². The molecule has 0 N–H and O–H groups in total. The van der Waals surface area contributed by atoms with Crippen molar-refractivity contribution in [1.82, 2.24) is 15.0 Å². The summed E-state index contributed by atoms with van der Waals surface area (Å²) < 4.78 is 5.24. The average Bonchev–Trinajstić information content (AvgIpc) is 3.32. The lowest BCUT2D eigenvalue weighted by Gasteiger charge is -2.34. The van der Waals surface area contributed by atoms with E-state index in [0.29, 0.717) is 44.3 Å². The fourth-order valence-electron chi connectivity index (χ4n) is 3.74. The lowest BCUT2D eigenvalue weighted by molar-refractivity contribution is -0.133. The van der Waals surface area contributed by atoms with Crippen molar-refractivity contribution < 1.29 is 14.1 Å². The Morgan fingerprint density at radius 1 is 1.20 bits per heavy atom. The standard InChI is InChI=1S/C19H29N3O3/c1-3-14(2)16-13-17(25-20-16)19(24)22-10-8-21(9-11-22)18(23)12-15-6-4-5-7-15/h13-15H,3-12H2,1-2H3/t14-/m1/s1. The van der Waals surface area contributed by atoms with Gasteiger partial charge in [-0.3, -0.25) is 9.59 Å². The highest BCUT2D eigenvalue weighted by molar-refractivity contribution is 5.91. The van der Waals surface area contributed by atoms with Gasteiger partial charge >= 0.3 is 0 Å². The lowest BCUT2D eigenvalue weighted by atomic mass is 10.0. The summed E-state index contributed by atoms with van der Waals surface area (Å²) in [6.07, 6.45) is 6.53. The molecule has 0 aromatic carbocycles. The first-order valence-corrected chi connectivity index (χ1v) is 9.62. The second-order valence-corrected chi connectivity index (χ2v) is 7.45. The first-order chi connectivity index (χ1) is 12.1. The Morgan fingerprint density at radius 2 is 1.84 bits per heavy atom. The minimum absolute atomic E-state index is 0.120. The van der Waals surface area contributed by atoms with Gasteiger partial charge in [-0.05, 0) is 25.2 Å². The molecule has 6 nitrogen and oxygen atoms in total. The van der Waals surface area contributed by atoms with Crippen LogP contribution < -0.4 is 0 Å². The summed E-state index contributed by atoms with van der Waals surface area (Å²) in [4.78, 5) is 28.6. The zero-order valence-electron chi connectivity index (χ0n) is 15.4. The van der Waals surface area contributed by atoms with E-state index in [4.69, 9.17) is 4.52 Å². The Morgan fingerprint density at radius 3 is 2.48 bits per heavy atom. The van der Waals surface area contributed by atoms with Gasteiger partial charge in [0.15, 0.2) is 0 Å². The van der Waals surface area contributed by atoms with Gasteiger partial charge in [0, 0.05) is 44.6 Å². The molecule has 0 bridgehead atoms. The van der Waals surface area contributed by atoms with Crippen molar-refractivity contribution in [3.05, 3.63) is 17.5 Å². The second kappa shape index (κ2) is 8.02. The number of piperazine rings is 1. The summed E-state index contributed by atoms with van der Waals surface area (Å²) in [5.41, 5.74) is 0.830. The number of nitrogens with zero attached hydrogens (tertiary/aromatic N) is 3. The summed E-state index contributed by atoms with van der Waals surface area (Å²) in [7, 11) is 0. The molecule has 3 rings (SSSR count). The summed E-state index contributed by atoms with van der Waals surface area (Å²) in [6.45, 7) is 6.51. The summed E-state index contributed by atoms with van der Waals surface area (Å²) >= 11 is 0. The van der Waals surface area contributed by atoms with E-state index in [1.807, 2.05) is 4.90 Å². The zero-order chi connectivity index (χ0) is 17.8. The van der Waals surface area contributed by atoms with E-state index in [1.54, 1.807) is 11.0 Å². The second-order valence-electron chi connectivity index (χ2n) is 7.45. The molecule has 1 aromatic rings. The van der Waals surface area contributed by atoms with Crippen molar-refractivity contribution in [1.29, 1.82) is 0 Å². The molecule has 1 saturated heterocycles. The van der Waals surface area contributed by atoms with Crippen molar-refractivity contribution in [3.63, 3.8) is 0 Å². The Hall–Kier alpha value is -1.85. The monoisotopic (exact) mass is 347 g/mol. The van der Waals surface area contributed by atoms with Crippen LogP contribution in [0.4, 0.5) is 0 Å². The van der Waals surface area contributed by atoms with Crippen LogP contribution in [0.15, 0.2) is 10.6 Å². The van der Waals surface area contributed by atoms with Crippen LogP contribution in [0, 0.1) is 5.92 Å². The Balaban J connectivity index is 1.50. The van der Waals surface area contributed by atoms with Crippen molar-refractivity contribution in [2.75, 3.05) is 26.2 Å². The highest BCUT2D eigenvalue weighted by Crippen LogP contribution is 2.28. The highest BCUT2D eigenvalue weighted by atomic mass is 16.5. The van der Waals surface area contributed by atoms with E-state index in [1.165, 1.54) is 25.7 Å². The Bertz CT molecular complexity index is 599. The largest absolute Gasteiger partial charge is 0.351 e. The van der Waals surface area contributed by atoms with E-state index < -0.39 is 0 Å². The maximum absolute atomic E-state index is 12.6. The van der Waals surface area contributed by atoms with E-state index in [2.05, 4.69) is 19.0 Å². The summed E-state index contributed by atoms with van der Waals surface area (Å²) in [5.74, 6) is 1.29. The molecule has 25 heavy (non-hydrogen) atoms. The topological polar surface area (TPSA) is 66.7 Å². The SMILES string of the molecule is CC[C@@H](C)c1cc(C(=O)N2CCN(C(=O)CC3CCCC3)CC2)on1. The molecular weight excluding hydrogens is 318 g/mol. The quantitative estimate of drug-likeness (QED) is 0.821. The summed E-state index contributed by atoms with van der Waals surface area (Å²) in [5, 5.41) is 4.02. The number of amides is 2. The van der Waals surface area contributed by atoms with Crippen LogP contribution in [0.5, 0.6) is 0 Å². The van der Waals surface area contributed by atoms with Gasteiger partial charge in [0.2, 0.25) is 11.7 Å². The van der Waals surface area contributed by atoms with Gasteiger partial charge in [0.05, 0.1) is 5.69 Å². The molecule has 1 atom stereocenters. The number of rotatable bonds is 5. The predicted molar refractivity (Wildman–Crippen MR) is 94.3 cm³/mol. The van der Waals surface area contributed by atoms with E-state index in [9.17, 15) is 9.59 Å². The normalized spacial score (nSPS) is 20.1. The molecule has 0 radical (unpaired) electrons. The predicted octanol–water partition coefficient (Wildman–Crippen LogP) is 3.05. The molecular formula is C19H29N3O3. The van der Waals surface area contributed by atoms with E-state index >= 15 is 0 Å². The third-order valence-corrected chi connectivity index (χ3v) is 5.71. The van der Waals surface area contributed by atoms with Gasteiger partial charge in [-0.25, -0.2) is 0 Å². The molecule has 0 spiro atoms. The van der Waals surface area contributed by atoms with Gasteiger partial charge < -0.3 is 14.3 Å². The zero-order valence-corrected chi connectivity index (χ0v) is 15.4. The van der Waals surface area contributed by atoms with E-state index in [-0.39, 0.29) is 17.7 Å². The molecule has 2 aliphatic rings. The van der Waals surface area contributed by atoms with Crippen LogP contribution >= 0.6 is 0 Å². The Labute approximate surface area is 149 Å². The van der Waals surface area contributed by atoms with Gasteiger partial charge in [0.25, 0.3) is 5.91 Å². The molecule has 2 fully saturated rings. The molecule has 1 saturated carbocycles. The highest BCUT2D eigenvalue weighted by Gasteiger charge is 2.28. The smallest absolute Gasteiger partial charge is 0.292 e. The van der Waals surface area contributed by atoms with Crippen LogP contribution in [0.25, 0.3) is 0 Å². The molecule has 1 aliphatic carbocycles. The minimum Gasteiger partial charge on any atom is -0.351 e. The molecule has 138 valence electrons. The van der Waals surface area contributed by atoms with Gasteiger partial charge in [-0.1, -0.05) is 31.8 Å². The number of carbonyl (C=O) groups excluding carboxylic acids is 2. The molecule has 1 aromatic heterocycles. The maximum Gasteiger partial charge on any atom is 0.292 e. The third kappa shape index (κ3) is 4.22. The average molecular weight is 347 g/mol. The summed E-state index contributed by atoms with van der Waals surface area (Å²) in [6, 6.07) is 1.76. The number of hydrogen-bond donors (Lipinski definition) is 0. The van der Waals surface area contributed by atoms with Crippen molar-refractivity contribution in [2.45, 2.75) is 58.3 Å². The Kier molecular flexibility index (Phi) is 5.76. The number of aromatic nitrogens is 1. The van der Waals surface area contributed by atoms with Crippen LogP contribution in [-0.4, -0.2) is 52.9 Å². The molecule has 2 heterocycles. The number of carbonyl (C=O) groups is 2. The molecule has 2 amide bonds. The van der Waals surface area contributed by atoms with Crippen LogP contribution in [-0.2, 0) is 4.79 Å². The molecule has 1 aliphatic heterocycles. The third-order valence-electron chi connectivity index (χ3n) is 5.71. The van der Waals surface area contributed by atoms with Crippen molar-refractivity contribution >= 4 is 11.8 Å². The van der Waals surface area contributed by atoms with Gasteiger partial charge in [-0.2, -0.15) is 0 Å². The maximum atomic E-state index is 12.6. The van der Waals surface area contributed by atoms with Crippen molar-refractivity contribution in [3.8, 4) is 0 Å². The fraction of sp³-hybridized carbons (Fsp3) is 0.737. The van der Waals surface area contributed by atoms with Crippen LogP contribution in [0.3, 0.4) is 0 Å². The lowest BCUT2D eigenvalue weighted by Crippen LogP contribution is -2.50. The number of hydrogen-bond acceptors (Lipinski definition) is 4. The fourth-order valence-corrected chi connectivity index (χ4v) is 3.74. The first-order valence-electron chi connectivity index (χ1n) is 9.62. The van der Waals surface area contributed by atoms with Gasteiger partial charge in [0.1, 0.15) is 0 Å². The van der Waals surface area contributed by atoms with Crippen LogP contribution in [0.1, 0.15) is 74.5 Å². The van der Waals surface area contributed by atoms with E-state index in [0.717, 1.165) is 12.1 Å².